The van der Waals surface area contributed by atoms with E-state index in [-0.39, 0.29) is 36.2 Å². The van der Waals surface area contributed by atoms with Crippen molar-refractivity contribution in [3.8, 4) is 0 Å². The summed E-state index contributed by atoms with van der Waals surface area (Å²) >= 11 is 0. The molecule has 7 heteroatoms. The van der Waals surface area contributed by atoms with Crippen LogP contribution in [0.2, 0.25) is 0 Å². The molecule has 2 atom stereocenters. The minimum atomic E-state index is -0.905. The maximum atomic E-state index is 13.1. The zero-order valence-electron chi connectivity index (χ0n) is 19.8. The average molecular weight is 426 g/mol. The van der Waals surface area contributed by atoms with Gasteiger partial charge in [0, 0.05) is 30.3 Å². The average Bonchev–Trinajstić information content (AvgIpc) is 2.96. The third-order valence-corrected chi connectivity index (χ3v) is 6.22. The number of carbonyl (C=O) groups is 3. The fraction of sp³-hybridized carbons (Fsp3) is 0.870. The first-order valence-electron chi connectivity index (χ1n) is 11.0. The van der Waals surface area contributed by atoms with E-state index in [1.165, 1.54) is 0 Å². The van der Waals surface area contributed by atoms with E-state index in [1.54, 1.807) is 20.8 Å². The zero-order valence-corrected chi connectivity index (χ0v) is 19.8. The van der Waals surface area contributed by atoms with Crippen LogP contribution < -0.4 is 5.32 Å². The second kappa shape index (κ2) is 8.48. The van der Waals surface area contributed by atoms with E-state index in [2.05, 4.69) is 33.0 Å². The molecule has 2 rings (SSSR count). The molecular formula is C23H39NO6. The molecule has 172 valence electrons. The van der Waals surface area contributed by atoms with Crippen LogP contribution in [0, 0.1) is 10.8 Å². The number of cyclic esters (lactones) is 1. The molecule has 0 bridgehead atoms. The molecule has 0 aromatic carbocycles. The van der Waals surface area contributed by atoms with Crippen molar-refractivity contribution in [2.24, 2.45) is 10.8 Å². The number of piperidine rings is 1. The smallest absolute Gasteiger partial charge is 0.347 e. The van der Waals surface area contributed by atoms with Crippen LogP contribution in [0.4, 0.5) is 0 Å². The van der Waals surface area contributed by atoms with Crippen molar-refractivity contribution in [1.82, 2.24) is 5.32 Å². The largest absolute Gasteiger partial charge is 0.463 e. The lowest BCUT2D eigenvalue weighted by Crippen LogP contribution is -2.60. The van der Waals surface area contributed by atoms with Gasteiger partial charge in [0.15, 0.2) is 0 Å². The van der Waals surface area contributed by atoms with Gasteiger partial charge in [0.05, 0.1) is 17.4 Å². The van der Waals surface area contributed by atoms with Gasteiger partial charge in [0.2, 0.25) is 6.10 Å². The molecule has 2 fully saturated rings. The van der Waals surface area contributed by atoms with Gasteiger partial charge in [0.25, 0.3) is 0 Å². The van der Waals surface area contributed by atoms with E-state index in [0.717, 1.165) is 12.8 Å². The summed E-state index contributed by atoms with van der Waals surface area (Å²) in [6, 6.07) is 0. The van der Waals surface area contributed by atoms with Crippen LogP contribution in [0.1, 0.15) is 87.5 Å². The van der Waals surface area contributed by atoms with Crippen LogP contribution in [0.5, 0.6) is 0 Å². The zero-order chi connectivity index (χ0) is 23.0. The van der Waals surface area contributed by atoms with Crippen molar-refractivity contribution < 1.29 is 28.6 Å². The van der Waals surface area contributed by atoms with Gasteiger partial charge in [-0.1, -0.05) is 6.92 Å². The number of rotatable bonds is 7. The van der Waals surface area contributed by atoms with Gasteiger partial charge in [-0.25, -0.2) is 4.79 Å². The second-order valence-corrected chi connectivity index (χ2v) is 11.2. The lowest BCUT2D eigenvalue weighted by molar-refractivity contribution is -0.174. The van der Waals surface area contributed by atoms with E-state index in [4.69, 9.17) is 14.2 Å². The van der Waals surface area contributed by atoms with Gasteiger partial charge in [0.1, 0.15) is 6.10 Å². The minimum absolute atomic E-state index is 0.130. The van der Waals surface area contributed by atoms with Gasteiger partial charge < -0.3 is 19.5 Å². The van der Waals surface area contributed by atoms with Crippen LogP contribution in [-0.4, -0.2) is 47.8 Å². The fourth-order valence-corrected chi connectivity index (χ4v) is 4.87. The van der Waals surface area contributed by atoms with Crippen LogP contribution in [0.3, 0.4) is 0 Å². The molecule has 0 radical (unpaired) electrons. The van der Waals surface area contributed by atoms with Crippen molar-refractivity contribution in [2.45, 2.75) is 111 Å². The first-order valence-corrected chi connectivity index (χ1v) is 11.0. The van der Waals surface area contributed by atoms with Crippen molar-refractivity contribution in [3.63, 3.8) is 0 Å². The quantitative estimate of drug-likeness (QED) is 0.493. The van der Waals surface area contributed by atoms with Crippen molar-refractivity contribution in [2.75, 3.05) is 6.61 Å². The number of hydrogen-bond acceptors (Lipinski definition) is 7. The van der Waals surface area contributed by atoms with Crippen LogP contribution in [-0.2, 0) is 28.6 Å². The molecule has 0 aromatic rings. The third kappa shape index (κ3) is 5.96. The summed E-state index contributed by atoms with van der Waals surface area (Å²) in [5.74, 6) is -1.29. The van der Waals surface area contributed by atoms with Crippen molar-refractivity contribution >= 4 is 17.9 Å². The van der Waals surface area contributed by atoms with Gasteiger partial charge >= 0.3 is 17.9 Å². The Hall–Kier alpha value is -1.63. The molecule has 0 spiro atoms. The summed E-state index contributed by atoms with van der Waals surface area (Å²) in [7, 11) is 0. The molecule has 0 aromatic heterocycles. The van der Waals surface area contributed by atoms with Gasteiger partial charge in [-0.15, -0.1) is 0 Å². The number of esters is 3. The highest BCUT2D eigenvalue weighted by Crippen LogP contribution is 2.40. The Morgan fingerprint density at radius 1 is 1.07 bits per heavy atom. The fourth-order valence-electron chi connectivity index (χ4n) is 4.87. The van der Waals surface area contributed by atoms with Crippen molar-refractivity contribution in [1.29, 1.82) is 0 Å². The summed E-state index contributed by atoms with van der Waals surface area (Å²) in [4.78, 5) is 37.6. The molecule has 2 heterocycles. The third-order valence-electron chi connectivity index (χ3n) is 6.22. The SMILES string of the molecule is CCC(C)(CC(C)(C)C(=O)OC1CC(C)(C)NC(C)(C)C1)C(=O)OC1CCOC1=O. The molecule has 0 saturated carbocycles. The van der Waals surface area contributed by atoms with Crippen LogP contribution in [0.15, 0.2) is 0 Å². The molecule has 2 saturated heterocycles. The summed E-state index contributed by atoms with van der Waals surface area (Å²) in [6.07, 6.45) is 1.56. The highest BCUT2D eigenvalue weighted by atomic mass is 16.6. The Balaban J connectivity index is 2.05. The van der Waals surface area contributed by atoms with Crippen LogP contribution >= 0.6 is 0 Å². The number of nitrogens with one attached hydrogen (secondary N) is 1. The van der Waals surface area contributed by atoms with E-state index in [1.807, 2.05) is 6.92 Å². The Labute approximate surface area is 180 Å². The van der Waals surface area contributed by atoms with E-state index < -0.39 is 28.9 Å². The molecule has 7 nitrogen and oxygen atoms in total. The van der Waals surface area contributed by atoms with E-state index in [9.17, 15) is 14.4 Å². The Kier molecular flexibility index (Phi) is 6.97. The Morgan fingerprint density at radius 2 is 1.63 bits per heavy atom. The van der Waals surface area contributed by atoms with Gasteiger partial charge in [-0.05, 0) is 61.3 Å². The molecule has 2 unspecified atom stereocenters. The molecule has 2 aliphatic rings. The highest BCUT2D eigenvalue weighted by molar-refractivity contribution is 5.84. The topological polar surface area (TPSA) is 90.9 Å². The second-order valence-electron chi connectivity index (χ2n) is 11.2. The standard InChI is InChI=1S/C23H39NO6/c1-9-23(8,19(27)30-16-10-11-28-17(16)25)14-20(2,3)18(26)29-15-12-21(4,5)24-22(6,7)13-15/h15-16,24H,9-14H2,1-8H3. The lowest BCUT2D eigenvalue weighted by Gasteiger charge is -2.46. The van der Waals surface area contributed by atoms with Gasteiger partial charge in [-0.3, -0.25) is 9.59 Å². The molecule has 0 aliphatic carbocycles. The van der Waals surface area contributed by atoms with Crippen molar-refractivity contribution in [3.05, 3.63) is 0 Å². The van der Waals surface area contributed by atoms with Gasteiger partial charge in [-0.2, -0.15) is 0 Å². The van der Waals surface area contributed by atoms with Crippen LogP contribution in [0.25, 0.3) is 0 Å². The summed E-state index contributed by atoms with van der Waals surface area (Å²) in [5, 5.41) is 3.58. The monoisotopic (exact) mass is 425 g/mol. The Bertz CT molecular complexity index is 667. The molecule has 0 amide bonds. The molecule has 30 heavy (non-hydrogen) atoms. The maximum absolute atomic E-state index is 13.1. The minimum Gasteiger partial charge on any atom is -0.463 e. The highest BCUT2D eigenvalue weighted by Gasteiger charge is 2.46. The number of ether oxygens (including phenoxy) is 3. The first kappa shape index (κ1) is 24.6. The Morgan fingerprint density at radius 3 is 2.10 bits per heavy atom. The molecule has 1 N–H and O–H groups in total. The molecular weight excluding hydrogens is 386 g/mol. The summed E-state index contributed by atoms with van der Waals surface area (Å²) < 4.78 is 16.3. The summed E-state index contributed by atoms with van der Waals surface area (Å²) in [6.45, 7) is 16.0. The van der Waals surface area contributed by atoms with E-state index >= 15 is 0 Å². The predicted molar refractivity (Wildman–Crippen MR) is 113 cm³/mol. The lowest BCUT2D eigenvalue weighted by atomic mass is 9.72. The normalized spacial score (nSPS) is 25.9. The molecule has 2 aliphatic heterocycles. The summed E-state index contributed by atoms with van der Waals surface area (Å²) in [5.41, 5.74) is -2.04. The maximum Gasteiger partial charge on any atom is 0.347 e. The van der Waals surface area contributed by atoms with E-state index in [0.29, 0.717) is 12.8 Å². The predicted octanol–water partition coefficient (Wildman–Crippen LogP) is 3.53. The number of hydrogen-bond donors (Lipinski definition) is 1. The first-order chi connectivity index (χ1) is 13.6. The number of carbonyl (C=O) groups excluding carboxylic acids is 3.